The van der Waals surface area contributed by atoms with Crippen LogP contribution in [0.3, 0.4) is 0 Å². The van der Waals surface area contributed by atoms with Crippen LogP contribution in [0.5, 0.6) is 0 Å². The highest BCUT2D eigenvalue weighted by atomic mass is 19.1. The van der Waals surface area contributed by atoms with Crippen molar-refractivity contribution in [1.29, 1.82) is 0 Å². The number of nitrogens with one attached hydrogen (secondary N) is 1. The Morgan fingerprint density at radius 2 is 2.33 bits per heavy atom. The highest BCUT2D eigenvalue weighted by molar-refractivity contribution is 5.95. The number of hydrogen-bond acceptors (Lipinski definition) is 2. The van der Waals surface area contributed by atoms with Crippen molar-refractivity contribution >= 4 is 11.6 Å². The molecule has 0 saturated carbocycles. The first-order valence-corrected chi connectivity index (χ1v) is 4.36. The Kier molecular flexibility index (Phi) is 3.29. The average molecular weight is 206 g/mol. The number of nitrogen functional groups attached to an aromatic ring is 1. The van der Waals surface area contributed by atoms with Crippen molar-refractivity contribution in [1.82, 2.24) is 5.32 Å². The number of rotatable bonds is 2. The third-order valence-electron chi connectivity index (χ3n) is 1.84. The van der Waals surface area contributed by atoms with Gasteiger partial charge in [0.25, 0.3) is 5.91 Å². The van der Waals surface area contributed by atoms with E-state index in [-0.39, 0.29) is 11.3 Å². The number of anilines is 1. The summed E-state index contributed by atoms with van der Waals surface area (Å²) in [6.45, 7) is 1.63. The Balaban J connectivity index is 2.88. The molecule has 1 rings (SSSR count). The minimum atomic E-state index is -0.656. The molecule has 0 aliphatic carbocycles. The van der Waals surface area contributed by atoms with Gasteiger partial charge in [0.2, 0.25) is 0 Å². The van der Waals surface area contributed by atoms with E-state index in [9.17, 15) is 9.18 Å². The summed E-state index contributed by atoms with van der Waals surface area (Å²) >= 11 is 0. The van der Waals surface area contributed by atoms with Crippen LogP contribution in [0.1, 0.15) is 17.3 Å². The Morgan fingerprint density at radius 3 is 2.87 bits per heavy atom. The van der Waals surface area contributed by atoms with Crippen LogP contribution in [-0.4, -0.2) is 11.9 Å². The van der Waals surface area contributed by atoms with Gasteiger partial charge in [0.05, 0.1) is 11.6 Å². The number of carbonyl (C=O) groups is 1. The van der Waals surface area contributed by atoms with E-state index in [0.29, 0.717) is 0 Å². The quantitative estimate of drug-likeness (QED) is 0.563. The van der Waals surface area contributed by atoms with Crippen LogP contribution in [0.25, 0.3) is 0 Å². The minimum Gasteiger partial charge on any atom is -0.399 e. The lowest BCUT2D eigenvalue weighted by Crippen LogP contribution is -2.31. The molecule has 1 atom stereocenters. The van der Waals surface area contributed by atoms with Crippen LogP contribution in [0.15, 0.2) is 18.2 Å². The maximum Gasteiger partial charge on any atom is 0.255 e. The molecule has 4 heteroatoms. The topological polar surface area (TPSA) is 55.1 Å². The highest BCUT2D eigenvalue weighted by Gasteiger charge is 2.12. The van der Waals surface area contributed by atoms with Crippen molar-refractivity contribution in [3.63, 3.8) is 0 Å². The predicted octanol–water partition coefficient (Wildman–Crippen LogP) is 1.16. The van der Waals surface area contributed by atoms with Crippen molar-refractivity contribution in [3.05, 3.63) is 29.6 Å². The van der Waals surface area contributed by atoms with Crippen molar-refractivity contribution in [2.75, 3.05) is 5.73 Å². The molecule has 0 aliphatic heterocycles. The maximum atomic E-state index is 13.3. The van der Waals surface area contributed by atoms with Gasteiger partial charge < -0.3 is 11.1 Å². The number of nitrogens with two attached hydrogens (primary N) is 1. The normalized spacial score (nSPS) is 11.5. The second kappa shape index (κ2) is 4.47. The summed E-state index contributed by atoms with van der Waals surface area (Å²) in [4.78, 5) is 11.5. The lowest BCUT2D eigenvalue weighted by Gasteiger charge is -2.08. The van der Waals surface area contributed by atoms with E-state index in [1.54, 1.807) is 6.92 Å². The van der Waals surface area contributed by atoms with Crippen LogP contribution in [0.2, 0.25) is 0 Å². The van der Waals surface area contributed by atoms with Gasteiger partial charge in [-0.2, -0.15) is 0 Å². The molecule has 1 amide bonds. The van der Waals surface area contributed by atoms with Gasteiger partial charge in [0.15, 0.2) is 0 Å². The van der Waals surface area contributed by atoms with Gasteiger partial charge in [-0.25, -0.2) is 4.39 Å². The summed E-state index contributed by atoms with van der Waals surface area (Å²) in [7, 11) is 0. The monoisotopic (exact) mass is 206 g/mol. The molecule has 0 heterocycles. The van der Waals surface area contributed by atoms with Crippen molar-refractivity contribution < 1.29 is 9.18 Å². The van der Waals surface area contributed by atoms with Gasteiger partial charge in [-0.15, -0.1) is 6.42 Å². The van der Waals surface area contributed by atoms with Crippen LogP contribution in [0, 0.1) is 18.2 Å². The van der Waals surface area contributed by atoms with E-state index in [2.05, 4.69) is 11.2 Å². The van der Waals surface area contributed by atoms with Crippen molar-refractivity contribution in [2.45, 2.75) is 13.0 Å². The van der Waals surface area contributed by atoms with Gasteiger partial charge in [-0.3, -0.25) is 4.79 Å². The minimum absolute atomic E-state index is 0.0636. The fourth-order valence-electron chi connectivity index (χ4n) is 1.03. The number of benzene rings is 1. The van der Waals surface area contributed by atoms with Gasteiger partial charge in [0, 0.05) is 5.69 Å². The zero-order valence-electron chi connectivity index (χ0n) is 8.25. The molecule has 0 bridgehead atoms. The standard InChI is InChI=1S/C11H11FN2O/c1-3-7(2)14-11(15)9-5-4-8(13)6-10(9)12/h1,4-7H,13H2,2H3,(H,14,15). The molecule has 0 saturated heterocycles. The average Bonchev–Trinajstić information content (AvgIpc) is 2.17. The first-order valence-electron chi connectivity index (χ1n) is 4.36. The van der Waals surface area contributed by atoms with Gasteiger partial charge in [0.1, 0.15) is 5.82 Å². The van der Waals surface area contributed by atoms with E-state index in [1.165, 1.54) is 12.1 Å². The summed E-state index contributed by atoms with van der Waals surface area (Å²) < 4.78 is 13.3. The molecule has 1 unspecified atom stereocenters. The molecule has 1 aromatic rings. The molecule has 3 nitrogen and oxygen atoms in total. The Bertz CT molecular complexity index is 423. The molecule has 78 valence electrons. The van der Waals surface area contributed by atoms with Crippen molar-refractivity contribution in [3.8, 4) is 12.3 Å². The lowest BCUT2D eigenvalue weighted by molar-refractivity contribution is 0.0944. The second-order valence-corrected chi connectivity index (χ2v) is 3.10. The molecule has 0 aliphatic rings. The molecule has 15 heavy (non-hydrogen) atoms. The van der Waals surface area contributed by atoms with E-state index < -0.39 is 17.8 Å². The first kappa shape index (κ1) is 11.1. The second-order valence-electron chi connectivity index (χ2n) is 3.10. The third kappa shape index (κ3) is 2.71. The van der Waals surface area contributed by atoms with Crippen LogP contribution in [-0.2, 0) is 0 Å². The molecule has 3 N–H and O–H groups in total. The summed E-state index contributed by atoms with van der Waals surface area (Å²) in [6.07, 6.45) is 5.08. The van der Waals surface area contributed by atoms with E-state index in [1.807, 2.05) is 0 Å². The van der Waals surface area contributed by atoms with Crippen LogP contribution >= 0.6 is 0 Å². The maximum absolute atomic E-state index is 13.3. The smallest absolute Gasteiger partial charge is 0.255 e. The molecular weight excluding hydrogens is 195 g/mol. The summed E-state index contributed by atoms with van der Waals surface area (Å²) in [5, 5.41) is 2.45. The molecular formula is C11H11FN2O. The first-order chi connectivity index (χ1) is 7.04. The number of terminal acetylenes is 1. The lowest BCUT2D eigenvalue weighted by atomic mass is 10.1. The fourth-order valence-corrected chi connectivity index (χ4v) is 1.03. The molecule has 0 fully saturated rings. The molecule has 1 aromatic carbocycles. The highest BCUT2D eigenvalue weighted by Crippen LogP contribution is 2.11. The zero-order valence-corrected chi connectivity index (χ0v) is 8.25. The predicted molar refractivity (Wildman–Crippen MR) is 56.6 cm³/mol. The number of carbonyl (C=O) groups excluding carboxylic acids is 1. The SMILES string of the molecule is C#CC(C)NC(=O)c1ccc(N)cc1F. The number of halogens is 1. The van der Waals surface area contributed by atoms with E-state index in [0.717, 1.165) is 6.07 Å². The Hall–Kier alpha value is -2.02. The van der Waals surface area contributed by atoms with Crippen molar-refractivity contribution in [2.24, 2.45) is 0 Å². The molecule has 0 spiro atoms. The van der Waals surface area contributed by atoms with E-state index in [4.69, 9.17) is 12.2 Å². The zero-order chi connectivity index (χ0) is 11.4. The Labute approximate surface area is 87.5 Å². The van der Waals surface area contributed by atoms with Gasteiger partial charge in [-0.1, -0.05) is 5.92 Å². The molecule has 0 aromatic heterocycles. The number of hydrogen-bond donors (Lipinski definition) is 2. The van der Waals surface area contributed by atoms with Crippen LogP contribution < -0.4 is 11.1 Å². The van der Waals surface area contributed by atoms with Gasteiger partial charge in [-0.05, 0) is 25.1 Å². The van der Waals surface area contributed by atoms with Crippen LogP contribution in [0.4, 0.5) is 10.1 Å². The number of amides is 1. The Morgan fingerprint density at radius 1 is 1.67 bits per heavy atom. The van der Waals surface area contributed by atoms with Gasteiger partial charge >= 0.3 is 0 Å². The van der Waals surface area contributed by atoms with E-state index >= 15 is 0 Å². The fraction of sp³-hybridized carbons (Fsp3) is 0.182. The summed E-state index contributed by atoms with van der Waals surface area (Å²) in [5.74, 6) is 1.12. The molecule has 0 radical (unpaired) electrons. The largest absolute Gasteiger partial charge is 0.399 e. The third-order valence-corrected chi connectivity index (χ3v) is 1.84. The summed E-state index contributed by atoms with van der Waals surface area (Å²) in [5.41, 5.74) is 5.56. The summed E-state index contributed by atoms with van der Waals surface area (Å²) in [6, 6.07) is 3.44.